The maximum Gasteiger partial charge on any atom is 0.347 e. The third-order valence-electron chi connectivity index (χ3n) is 1.96. The van der Waals surface area contributed by atoms with Crippen molar-refractivity contribution in [2.24, 2.45) is 5.84 Å². The largest absolute Gasteiger partial charge is 0.347 e. The van der Waals surface area contributed by atoms with Gasteiger partial charge in [0.2, 0.25) is 5.95 Å². The lowest BCUT2D eigenvalue weighted by Crippen LogP contribution is -2.51. The van der Waals surface area contributed by atoms with Crippen LogP contribution in [0.5, 0.6) is 0 Å². The third kappa shape index (κ3) is 5.60. The summed E-state index contributed by atoms with van der Waals surface area (Å²) in [6.45, 7) is 5.57. The highest BCUT2D eigenvalue weighted by Crippen LogP contribution is 2.07. The number of hydrogen-bond acceptors (Lipinski definition) is 5. The minimum absolute atomic E-state index is 0.117. The molecule has 1 aromatic heterocycles. The van der Waals surface area contributed by atoms with E-state index in [4.69, 9.17) is 10.7 Å². The van der Waals surface area contributed by atoms with E-state index in [9.17, 15) is 9.18 Å². The number of rotatable bonds is 4. The molecule has 4 N–H and O–H groups in total. The quantitative estimate of drug-likeness (QED) is 0.326. The highest BCUT2D eigenvalue weighted by Gasteiger charge is 2.17. The van der Waals surface area contributed by atoms with Gasteiger partial charge in [-0.15, -0.1) is 5.59 Å². The van der Waals surface area contributed by atoms with E-state index >= 15 is 0 Å². The highest BCUT2D eigenvalue weighted by molar-refractivity contribution is 5.72. The van der Waals surface area contributed by atoms with Crippen LogP contribution in [0, 0.1) is 5.95 Å². The molecule has 0 unspecified atom stereocenters. The minimum atomic E-state index is -0.589. The molecule has 0 aliphatic carbocycles. The Morgan fingerprint density at radius 3 is 2.68 bits per heavy atom. The number of urea groups is 1. The van der Waals surface area contributed by atoms with Crippen molar-refractivity contribution in [3.63, 3.8) is 0 Å². The van der Waals surface area contributed by atoms with Crippen molar-refractivity contribution in [2.45, 2.75) is 32.9 Å². The van der Waals surface area contributed by atoms with Crippen molar-refractivity contribution in [3.8, 4) is 0 Å². The monoisotopic (exact) mass is 271 g/mol. The minimum Gasteiger partial charge on any atom is -0.276 e. The van der Waals surface area contributed by atoms with Crippen LogP contribution < -0.4 is 16.9 Å². The zero-order valence-electron chi connectivity index (χ0n) is 11.1. The molecule has 106 valence electrons. The number of hydrogen-bond donors (Lipinski definition) is 3. The molecule has 0 aliphatic rings. The molecule has 8 heteroatoms. The molecule has 0 saturated heterocycles. The van der Waals surface area contributed by atoms with E-state index in [1.54, 1.807) is 0 Å². The number of carbonyl (C=O) groups is 1. The summed E-state index contributed by atoms with van der Waals surface area (Å²) in [6.07, 6.45) is 1.32. The summed E-state index contributed by atoms with van der Waals surface area (Å²) >= 11 is 0. The van der Waals surface area contributed by atoms with E-state index in [-0.39, 0.29) is 6.54 Å². The molecule has 0 saturated carbocycles. The number of nitrogens with zero attached hydrogens (tertiary/aromatic N) is 2. The predicted octanol–water partition coefficient (Wildman–Crippen LogP) is 0.841. The van der Waals surface area contributed by atoms with Crippen LogP contribution in [0.4, 0.5) is 9.18 Å². The van der Waals surface area contributed by atoms with Crippen molar-refractivity contribution in [1.82, 2.24) is 21.0 Å². The van der Waals surface area contributed by atoms with Gasteiger partial charge >= 0.3 is 6.03 Å². The van der Waals surface area contributed by atoms with Crippen molar-refractivity contribution in [2.75, 3.05) is 0 Å². The molecule has 0 spiro atoms. The van der Waals surface area contributed by atoms with Gasteiger partial charge in [0.05, 0.1) is 12.1 Å². The Balaban J connectivity index is 2.69. The molecule has 0 aromatic carbocycles. The summed E-state index contributed by atoms with van der Waals surface area (Å²) in [4.78, 5) is 20.3. The zero-order valence-corrected chi connectivity index (χ0v) is 11.1. The fraction of sp³-hybridized carbons (Fsp3) is 0.455. The summed E-state index contributed by atoms with van der Waals surface area (Å²) in [7, 11) is 0. The summed E-state index contributed by atoms with van der Waals surface area (Å²) < 4.78 is 12.7. The zero-order chi connectivity index (χ0) is 14.5. The smallest absolute Gasteiger partial charge is 0.276 e. The SMILES string of the molecule is CC(C)(C)ONN(Cc1ccc(F)nc1)C(=O)NN. The van der Waals surface area contributed by atoms with Crippen LogP contribution in [0.2, 0.25) is 0 Å². The second-order valence-corrected chi connectivity index (χ2v) is 4.83. The molecule has 1 heterocycles. The van der Waals surface area contributed by atoms with E-state index in [0.29, 0.717) is 5.56 Å². The number of nitrogens with two attached hydrogens (primary N) is 1. The number of carbonyl (C=O) groups excluding carboxylic acids is 1. The summed E-state index contributed by atoms with van der Waals surface area (Å²) in [5.74, 6) is 4.49. The molecule has 0 bridgehead atoms. The average Bonchev–Trinajstić information content (AvgIpc) is 2.34. The Labute approximate surface area is 110 Å². The van der Waals surface area contributed by atoms with Gasteiger partial charge in [-0.25, -0.2) is 20.6 Å². The van der Waals surface area contributed by atoms with Crippen LogP contribution in [0.3, 0.4) is 0 Å². The maximum absolute atomic E-state index is 12.7. The van der Waals surface area contributed by atoms with Crippen LogP contribution in [0.15, 0.2) is 18.3 Å². The van der Waals surface area contributed by atoms with Gasteiger partial charge in [0, 0.05) is 6.20 Å². The average molecular weight is 271 g/mol. The normalized spacial score (nSPS) is 11.2. The molecular formula is C11H18FN5O2. The van der Waals surface area contributed by atoms with Crippen LogP contribution in [0.1, 0.15) is 26.3 Å². The van der Waals surface area contributed by atoms with Gasteiger partial charge in [-0.3, -0.25) is 10.3 Å². The van der Waals surface area contributed by atoms with Gasteiger partial charge in [0.1, 0.15) is 0 Å². The highest BCUT2D eigenvalue weighted by atomic mass is 19.1. The fourth-order valence-electron chi connectivity index (χ4n) is 1.10. The fourth-order valence-corrected chi connectivity index (χ4v) is 1.10. The first-order valence-electron chi connectivity index (χ1n) is 5.64. The number of aromatic nitrogens is 1. The first-order chi connectivity index (χ1) is 8.81. The molecule has 19 heavy (non-hydrogen) atoms. The van der Waals surface area contributed by atoms with Crippen molar-refractivity contribution < 1.29 is 14.0 Å². The molecule has 0 atom stereocenters. The summed E-state index contributed by atoms with van der Waals surface area (Å²) in [6, 6.07) is 2.13. The molecule has 1 rings (SSSR count). The lowest BCUT2D eigenvalue weighted by Gasteiger charge is -2.27. The molecule has 0 radical (unpaired) electrons. The topological polar surface area (TPSA) is 92.5 Å². The number of pyridine rings is 1. The van der Waals surface area contributed by atoms with Gasteiger partial charge in [-0.05, 0) is 32.4 Å². The van der Waals surface area contributed by atoms with Crippen molar-refractivity contribution in [1.29, 1.82) is 0 Å². The maximum atomic E-state index is 12.7. The van der Waals surface area contributed by atoms with E-state index in [1.807, 2.05) is 26.2 Å². The van der Waals surface area contributed by atoms with Gasteiger partial charge in [-0.1, -0.05) is 6.07 Å². The van der Waals surface area contributed by atoms with Gasteiger partial charge in [-0.2, -0.15) is 4.39 Å². The van der Waals surface area contributed by atoms with Gasteiger partial charge in [0.25, 0.3) is 0 Å². The summed E-state index contributed by atoms with van der Waals surface area (Å²) in [5, 5.41) is 1.11. The Hall–Kier alpha value is -1.77. The summed E-state index contributed by atoms with van der Waals surface area (Å²) in [5.41, 5.74) is 4.60. The van der Waals surface area contributed by atoms with Crippen LogP contribution in [-0.4, -0.2) is 21.6 Å². The molecule has 0 fully saturated rings. The standard InChI is InChI=1S/C11H18FN5O2/c1-11(2,3)19-16-17(10(18)15-13)7-8-4-5-9(12)14-6-8/h4-6,16H,7,13H2,1-3H3,(H,15,18). The number of halogens is 1. The predicted molar refractivity (Wildman–Crippen MR) is 66.4 cm³/mol. The van der Waals surface area contributed by atoms with Crippen LogP contribution >= 0.6 is 0 Å². The van der Waals surface area contributed by atoms with Crippen LogP contribution in [-0.2, 0) is 11.4 Å². The number of hydrazine groups is 2. The van der Waals surface area contributed by atoms with E-state index in [1.165, 1.54) is 18.3 Å². The molecular weight excluding hydrogens is 253 g/mol. The second-order valence-electron chi connectivity index (χ2n) is 4.83. The molecule has 2 amide bonds. The second kappa shape index (κ2) is 6.41. The Kier molecular flexibility index (Phi) is 5.16. The van der Waals surface area contributed by atoms with E-state index in [2.05, 4.69) is 10.6 Å². The van der Waals surface area contributed by atoms with Gasteiger partial charge in [0.15, 0.2) is 0 Å². The Bertz CT molecular complexity index is 418. The van der Waals surface area contributed by atoms with Crippen molar-refractivity contribution >= 4 is 6.03 Å². The van der Waals surface area contributed by atoms with Crippen molar-refractivity contribution in [3.05, 3.63) is 29.8 Å². The van der Waals surface area contributed by atoms with E-state index < -0.39 is 17.6 Å². The third-order valence-corrected chi connectivity index (χ3v) is 1.96. The first-order valence-corrected chi connectivity index (χ1v) is 5.64. The lowest BCUT2D eigenvalue weighted by molar-refractivity contribution is -0.141. The first kappa shape index (κ1) is 15.3. The molecule has 7 nitrogen and oxygen atoms in total. The molecule has 1 aromatic rings. The number of amides is 2. The number of nitrogens with one attached hydrogen (secondary N) is 2. The van der Waals surface area contributed by atoms with Crippen LogP contribution in [0.25, 0.3) is 0 Å². The molecule has 0 aliphatic heterocycles. The lowest BCUT2D eigenvalue weighted by atomic mass is 10.2. The van der Waals surface area contributed by atoms with E-state index in [0.717, 1.165) is 5.01 Å². The Morgan fingerprint density at radius 1 is 1.53 bits per heavy atom. The van der Waals surface area contributed by atoms with Gasteiger partial charge < -0.3 is 0 Å². The Morgan fingerprint density at radius 2 is 2.21 bits per heavy atom.